The number of aliphatic hydroxyl groups is 1. The van der Waals surface area contributed by atoms with Crippen LogP contribution in [-0.4, -0.2) is 53.1 Å². The van der Waals surface area contributed by atoms with Crippen LogP contribution in [0.3, 0.4) is 0 Å². The molecule has 0 bridgehead atoms. The average Bonchev–Trinajstić information content (AvgIpc) is 3.28. The number of rotatable bonds is 6. The summed E-state index contributed by atoms with van der Waals surface area (Å²) in [5, 5.41) is 8.91. The second-order valence-electron chi connectivity index (χ2n) is 8.70. The minimum atomic E-state index is -1.22. The van der Waals surface area contributed by atoms with Gasteiger partial charge in [-0.2, -0.15) is 0 Å². The van der Waals surface area contributed by atoms with Crippen molar-refractivity contribution in [3.05, 3.63) is 101 Å². The van der Waals surface area contributed by atoms with Crippen LogP contribution in [0, 0.1) is 0 Å². The number of carbonyl (C=O) groups is 2. The predicted octanol–water partition coefficient (Wildman–Crippen LogP) is 3.39. The van der Waals surface area contributed by atoms with Crippen molar-refractivity contribution in [1.29, 1.82) is 0 Å². The second kappa shape index (κ2) is 9.72. The molecule has 5 rings (SSSR count). The van der Waals surface area contributed by atoms with Crippen LogP contribution in [0.5, 0.6) is 5.75 Å². The van der Waals surface area contributed by atoms with Crippen LogP contribution >= 0.6 is 0 Å². The number of aliphatic imine (C=N–C) groups is 1. The van der Waals surface area contributed by atoms with E-state index in [1.807, 2.05) is 42.5 Å². The van der Waals surface area contributed by atoms with Gasteiger partial charge in [0.2, 0.25) is 5.90 Å². The van der Waals surface area contributed by atoms with Gasteiger partial charge < -0.3 is 14.6 Å². The van der Waals surface area contributed by atoms with E-state index in [4.69, 9.17) is 19.6 Å². The van der Waals surface area contributed by atoms with Crippen LogP contribution in [0.25, 0.3) is 0 Å². The lowest BCUT2D eigenvalue weighted by atomic mass is 9.91. The zero-order chi connectivity index (χ0) is 24.3. The van der Waals surface area contributed by atoms with Crippen LogP contribution < -0.4 is 4.74 Å². The first-order valence-corrected chi connectivity index (χ1v) is 11.6. The Labute approximate surface area is 203 Å². The summed E-state index contributed by atoms with van der Waals surface area (Å²) < 4.78 is 11.6. The fourth-order valence-corrected chi connectivity index (χ4v) is 4.41. The Morgan fingerprint density at radius 3 is 2.46 bits per heavy atom. The number of ether oxygens (including phenoxy) is 2. The Hall–Kier alpha value is -3.97. The zero-order valence-corrected chi connectivity index (χ0v) is 19.2. The molecule has 35 heavy (non-hydrogen) atoms. The minimum absolute atomic E-state index is 0.0584. The molecule has 0 saturated heterocycles. The normalized spacial score (nSPS) is 19.1. The molecule has 0 unspecified atom stereocenters. The number of hydrogen-bond donors (Lipinski definition) is 1. The van der Waals surface area contributed by atoms with Crippen molar-refractivity contribution in [2.45, 2.75) is 24.9 Å². The molecule has 1 spiro atoms. The molecular weight excluding hydrogens is 444 g/mol. The number of benzene rings is 3. The Balaban J connectivity index is 1.48. The highest BCUT2D eigenvalue weighted by molar-refractivity contribution is 6.09. The summed E-state index contributed by atoms with van der Waals surface area (Å²) in [7, 11) is 0. The molecule has 0 saturated carbocycles. The molecule has 2 amide bonds. The van der Waals surface area contributed by atoms with Crippen molar-refractivity contribution >= 4 is 17.7 Å². The molecule has 3 aromatic carbocycles. The highest BCUT2D eigenvalue weighted by Crippen LogP contribution is 2.34. The lowest BCUT2D eigenvalue weighted by molar-refractivity contribution is -0.134. The SMILES string of the molecule is O=C(c1ccccc1)N1Cc2ccccc2C[C@@]2(COC(c3ccc(OCCCO)cc3)=N2)C1=O. The maximum Gasteiger partial charge on any atom is 0.261 e. The van der Waals surface area contributed by atoms with E-state index < -0.39 is 5.54 Å². The maximum atomic E-state index is 13.9. The zero-order valence-electron chi connectivity index (χ0n) is 19.2. The molecule has 2 heterocycles. The number of hydrogen-bond acceptors (Lipinski definition) is 6. The van der Waals surface area contributed by atoms with Crippen molar-refractivity contribution < 1.29 is 24.2 Å². The van der Waals surface area contributed by atoms with Gasteiger partial charge in [-0.25, -0.2) is 4.99 Å². The molecule has 1 atom stereocenters. The maximum absolute atomic E-state index is 13.9. The first kappa shape index (κ1) is 22.8. The van der Waals surface area contributed by atoms with Gasteiger partial charge in [0.05, 0.1) is 13.2 Å². The summed E-state index contributed by atoms with van der Waals surface area (Å²) in [5.74, 6) is 0.336. The number of imide groups is 1. The van der Waals surface area contributed by atoms with Gasteiger partial charge in [0.15, 0.2) is 5.54 Å². The van der Waals surface area contributed by atoms with Crippen molar-refractivity contribution in [2.24, 2.45) is 4.99 Å². The fraction of sp³-hybridized carbons (Fsp3) is 0.250. The quantitative estimate of drug-likeness (QED) is 0.441. The van der Waals surface area contributed by atoms with E-state index in [-0.39, 0.29) is 31.6 Å². The summed E-state index contributed by atoms with van der Waals surface area (Å²) in [6.07, 6.45) is 0.911. The summed E-state index contributed by atoms with van der Waals surface area (Å²) in [6.45, 7) is 0.749. The largest absolute Gasteiger partial charge is 0.494 e. The first-order chi connectivity index (χ1) is 17.1. The first-order valence-electron chi connectivity index (χ1n) is 11.6. The Bertz CT molecular complexity index is 1260. The second-order valence-corrected chi connectivity index (χ2v) is 8.70. The van der Waals surface area contributed by atoms with Crippen molar-refractivity contribution in [3.8, 4) is 5.75 Å². The topological polar surface area (TPSA) is 88.4 Å². The fourth-order valence-electron chi connectivity index (χ4n) is 4.41. The van der Waals surface area contributed by atoms with E-state index >= 15 is 0 Å². The van der Waals surface area contributed by atoms with Gasteiger partial charge in [-0.1, -0.05) is 42.5 Å². The summed E-state index contributed by atoms with van der Waals surface area (Å²) >= 11 is 0. The van der Waals surface area contributed by atoms with Gasteiger partial charge >= 0.3 is 0 Å². The Kier molecular flexibility index (Phi) is 6.33. The molecule has 0 aliphatic carbocycles. The third-order valence-electron chi connectivity index (χ3n) is 6.27. The van der Waals surface area contributed by atoms with Gasteiger partial charge in [0.25, 0.3) is 11.8 Å². The Morgan fingerprint density at radius 1 is 1.00 bits per heavy atom. The number of aliphatic hydroxyl groups excluding tert-OH is 1. The van der Waals surface area contributed by atoms with E-state index in [2.05, 4.69) is 0 Å². The van der Waals surface area contributed by atoms with Gasteiger partial charge in [0, 0.05) is 30.6 Å². The lowest BCUT2D eigenvalue weighted by Crippen LogP contribution is -2.50. The molecule has 2 aliphatic rings. The monoisotopic (exact) mass is 470 g/mol. The van der Waals surface area contributed by atoms with Crippen LogP contribution in [0.1, 0.15) is 33.5 Å². The molecule has 7 heteroatoms. The van der Waals surface area contributed by atoms with Crippen LogP contribution in [0.2, 0.25) is 0 Å². The predicted molar refractivity (Wildman–Crippen MR) is 130 cm³/mol. The molecule has 7 nitrogen and oxygen atoms in total. The van der Waals surface area contributed by atoms with E-state index in [0.29, 0.717) is 36.7 Å². The van der Waals surface area contributed by atoms with Crippen LogP contribution in [0.4, 0.5) is 0 Å². The molecule has 178 valence electrons. The molecule has 0 fully saturated rings. The summed E-state index contributed by atoms with van der Waals surface area (Å²) in [6, 6.07) is 23.9. The van der Waals surface area contributed by atoms with E-state index in [0.717, 1.165) is 16.7 Å². The average molecular weight is 471 g/mol. The summed E-state index contributed by atoms with van der Waals surface area (Å²) in [5.41, 5.74) is 1.86. The van der Waals surface area contributed by atoms with Gasteiger partial charge in [-0.15, -0.1) is 0 Å². The molecule has 1 N–H and O–H groups in total. The van der Waals surface area contributed by atoms with E-state index in [1.54, 1.807) is 36.4 Å². The number of nitrogens with zero attached hydrogens (tertiary/aromatic N) is 2. The van der Waals surface area contributed by atoms with Gasteiger partial charge in [0.1, 0.15) is 12.4 Å². The highest BCUT2D eigenvalue weighted by Gasteiger charge is 2.50. The molecule has 0 aromatic heterocycles. The molecule has 0 radical (unpaired) electrons. The van der Waals surface area contributed by atoms with E-state index in [9.17, 15) is 9.59 Å². The van der Waals surface area contributed by atoms with Gasteiger partial charge in [-0.3, -0.25) is 14.5 Å². The third-order valence-corrected chi connectivity index (χ3v) is 6.27. The number of fused-ring (bicyclic) bond motifs is 1. The lowest BCUT2D eigenvalue weighted by Gasteiger charge is -2.27. The third kappa shape index (κ3) is 4.55. The van der Waals surface area contributed by atoms with Crippen molar-refractivity contribution in [2.75, 3.05) is 19.8 Å². The molecule has 2 aliphatic heterocycles. The summed E-state index contributed by atoms with van der Waals surface area (Å²) in [4.78, 5) is 33.4. The van der Waals surface area contributed by atoms with Crippen molar-refractivity contribution in [1.82, 2.24) is 4.90 Å². The minimum Gasteiger partial charge on any atom is -0.494 e. The molecular formula is C28H26N2O5. The van der Waals surface area contributed by atoms with Gasteiger partial charge in [-0.05, 0) is 47.5 Å². The number of amides is 2. The molecule has 3 aromatic rings. The standard InChI is InChI=1S/C28H26N2O5/c31-15-6-16-34-24-13-11-20(12-14-24)25-29-28(19-35-25)17-22-9-4-5-10-23(22)18-30(27(28)33)26(32)21-7-2-1-3-8-21/h1-5,7-14,31H,6,15-19H2/t28-/m1/s1. The smallest absolute Gasteiger partial charge is 0.261 e. The van der Waals surface area contributed by atoms with Crippen molar-refractivity contribution in [3.63, 3.8) is 0 Å². The highest BCUT2D eigenvalue weighted by atomic mass is 16.5. The Morgan fingerprint density at radius 2 is 1.71 bits per heavy atom. The van der Waals surface area contributed by atoms with Crippen LogP contribution in [0.15, 0.2) is 83.9 Å². The van der Waals surface area contributed by atoms with Crippen LogP contribution in [-0.2, 0) is 22.5 Å². The van der Waals surface area contributed by atoms with E-state index in [1.165, 1.54) is 4.90 Å². The number of carbonyl (C=O) groups excluding carboxylic acids is 2.